The fourth-order valence-electron chi connectivity index (χ4n) is 3.17. The molecule has 3 heterocycles. The summed E-state index contributed by atoms with van der Waals surface area (Å²) >= 11 is 3.22. The number of nitrogens with zero attached hydrogens (tertiary/aromatic N) is 3. The first kappa shape index (κ1) is 18.8. The van der Waals surface area contributed by atoms with Crippen molar-refractivity contribution in [2.75, 3.05) is 45.3 Å². The van der Waals surface area contributed by atoms with Crippen molar-refractivity contribution >= 4 is 50.0 Å². The number of fused-ring (bicyclic) bond motifs is 1. The maximum absolute atomic E-state index is 12.4. The van der Waals surface area contributed by atoms with E-state index in [-0.39, 0.29) is 5.91 Å². The van der Waals surface area contributed by atoms with E-state index in [1.54, 1.807) is 43.0 Å². The summed E-state index contributed by atoms with van der Waals surface area (Å²) in [7, 11) is 3.31. The Hall–Kier alpha value is -2.58. The van der Waals surface area contributed by atoms with E-state index in [9.17, 15) is 4.79 Å². The number of methoxy groups -OCH3 is 2. The third kappa shape index (κ3) is 3.70. The average molecular weight is 416 g/mol. The summed E-state index contributed by atoms with van der Waals surface area (Å²) in [4.78, 5) is 22.4. The average Bonchev–Trinajstić information content (AvgIpc) is 3.41. The number of carbonyl (C=O) groups is 1. The summed E-state index contributed by atoms with van der Waals surface area (Å²) in [5.41, 5.74) is 0.819. The first-order chi connectivity index (χ1) is 13.7. The molecule has 28 heavy (non-hydrogen) atoms. The molecule has 0 N–H and O–H groups in total. The van der Waals surface area contributed by atoms with E-state index >= 15 is 0 Å². The number of amides is 1. The van der Waals surface area contributed by atoms with Gasteiger partial charge < -0.3 is 19.3 Å². The van der Waals surface area contributed by atoms with Crippen molar-refractivity contribution in [2.24, 2.45) is 0 Å². The summed E-state index contributed by atoms with van der Waals surface area (Å²) in [6.07, 6.45) is 3.54. The highest BCUT2D eigenvalue weighted by Crippen LogP contribution is 2.40. The van der Waals surface area contributed by atoms with Gasteiger partial charge in [-0.25, -0.2) is 4.98 Å². The van der Waals surface area contributed by atoms with Crippen LogP contribution in [-0.2, 0) is 4.79 Å². The number of thiophene rings is 1. The second-order valence-electron chi connectivity index (χ2n) is 6.31. The van der Waals surface area contributed by atoms with Gasteiger partial charge in [0.25, 0.3) is 0 Å². The minimum Gasteiger partial charge on any atom is -0.495 e. The lowest BCUT2D eigenvalue weighted by molar-refractivity contribution is -0.126. The number of hydrogen-bond donors (Lipinski definition) is 0. The number of benzene rings is 1. The molecule has 3 aromatic rings. The third-order valence-corrected chi connectivity index (χ3v) is 6.66. The normalized spacial score (nSPS) is 14.8. The van der Waals surface area contributed by atoms with Crippen molar-refractivity contribution in [1.82, 2.24) is 9.88 Å². The van der Waals surface area contributed by atoms with E-state index < -0.39 is 0 Å². The molecule has 4 rings (SSSR count). The lowest BCUT2D eigenvalue weighted by Gasteiger charge is -2.34. The monoisotopic (exact) mass is 415 g/mol. The molecule has 1 fully saturated rings. The zero-order valence-corrected chi connectivity index (χ0v) is 17.4. The minimum atomic E-state index is 0.0562. The van der Waals surface area contributed by atoms with Crippen molar-refractivity contribution in [2.45, 2.75) is 0 Å². The number of carbonyl (C=O) groups excluding carboxylic acids is 1. The fraction of sp³-hybridized carbons (Fsp3) is 0.300. The van der Waals surface area contributed by atoms with Crippen LogP contribution in [0.4, 0.5) is 5.13 Å². The molecule has 1 aromatic carbocycles. The number of aromatic nitrogens is 1. The number of thiazole rings is 1. The van der Waals surface area contributed by atoms with Crippen molar-refractivity contribution in [3.05, 3.63) is 40.6 Å². The fourth-order valence-corrected chi connectivity index (χ4v) is 4.92. The molecule has 1 aliphatic rings. The highest BCUT2D eigenvalue weighted by molar-refractivity contribution is 7.22. The Morgan fingerprint density at radius 3 is 2.54 bits per heavy atom. The van der Waals surface area contributed by atoms with E-state index in [0.717, 1.165) is 44.8 Å². The molecule has 0 unspecified atom stereocenters. The third-order valence-electron chi connectivity index (χ3n) is 4.69. The summed E-state index contributed by atoms with van der Waals surface area (Å²) < 4.78 is 11.9. The largest absolute Gasteiger partial charge is 0.495 e. The number of rotatable bonds is 5. The van der Waals surface area contributed by atoms with Gasteiger partial charge in [0.15, 0.2) is 5.13 Å². The molecule has 0 bridgehead atoms. The van der Waals surface area contributed by atoms with Crippen LogP contribution in [0.2, 0.25) is 0 Å². The zero-order valence-electron chi connectivity index (χ0n) is 15.8. The van der Waals surface area contributed by atoms with Crippen LogP contribution in [0.1, 0.15) is 4.88 Å². The smallest absolute Gasteiger partial charge is 0.246 e. The number of hydrogen-bond acceptors (Lipinski definition) is 7. The quantitative estimate of drug-likeness (QED) is 0.594. The molecule has 8 heteroatoms. The summed E-state index contributed by atoms with van der Waals surface area (Å²) in [5.74, 6) is 1.60. The van der Waals surface area contributed by atoms with Crippen molar-refractivity contribution in [3.63, 3.8) is 0 Å². The second kappa shape index (κ2) is 8.20. The van der Waals surface area contributed by atoms with Gasteiger partial charge >= 0.3 is 0 Å². The molecule has 6 nitrogen and oxygen atoms in total. The lowest BCUT2D eigenvalue weighted by Crippen LogP contribution is -2.48. The van der Waals surface area contributed by atoms with Crippen LogP contribution < -0.4 is 14.4 Å². The molecule has 0 saturated carbocycles. The van der Waals surface area contributed by atoms with Crippen LogP contribution in [-0.4, -0.2) is 56.2 Å². The van der Waals surface area contributed by atoms with Crippen LogP contribution in [0.25, 0.3) is 16.3 Å². The first-order valence-corrected chi connectivity index (χ1v) is 10.7. The first-order valence-electron chi connectivity index (χ1n) is 8.96. The molecule has 2 aromatic heterocycles. The van der Waals surface area contributed by atoms with Crippen molar-refractivity contribution in [3.8, 4) is 11.5 Å². The Kier molecular flexibility index (Phi) is 5.50. The van der Waals surface area contributed by atoms with Gasteiger partial charge in [0.2, 0.25) is 5.91 Å². The van der Waals surface area contributed by atoms with Crippen LogP contribution in [0.15, 0.2) is 35.7 Å². The molecule has 1 saturated heterocycles. The van der Waals surface area contributed by atoms with Gasteiger partial charge in [-0.15, -0.1) is 11.3 Å². The van der Waals surface area contributed by atoms with Crippen LogP contribution in [0, 0.1) is 0 Å². The number of piperazine rings is 1. The number of ether oxygens (including phenoxy) is 2. The molecule has 146 valence electrons. The molecular weight excluding hydrogens is 394 g/mol. The highest BCUT2D eigenvalue weighted by atomic mass is 32.1. The summed E-state index contributed by atoms with van der Waals surface area (Å²) in [6, 6.07) is 7.76. The maximum atomic E-state index is 12.4. The standard InChI is InChI=1S/C20H21N3O3S2/c1-25-15-6-7-16(26-2)19-18(15)21-20(28-19)23-11-9-22(10-12-23)17(24)8-5-14-4-3-13-27-14/h3-8,13H,9-12H2,1-2H3/b8-5+. The molecule has 0 aliphatic carbocycles. The lowest BCUT2D eigenvalue weighted by atomic mass is 10.3. The van der Waals surface area contributed by atoms with E-state index in [1.807, 2.05) is 40.6 Å². The maximum Gasteiger partial charge on any atom is 0.246 e. The van der Waals surface area contributed by atoms with Gasteiger partial charge in [0, 0.05) is 37.1 Å². The number of anilines is 1. The van der Waals surface area contributed by atoms with Gasteiger partial charge in [-0.1, -0.05) is 17.4 Å². The predicted molar refractivity (Wildman–Crippen MR) is 115 cm³/mol. The summed E-state index contributed by atoms with van der Waals surface area (Å²) in [6.45, 7) is 2.86. The zero-order chi connectivity index (χ0) is 19.5. The minimum absolute atomic E-state index is 0.0562. The molecule has 0 spiro atoms. The van der Waals surface area contributed by atoms with Gasteiger partial charge in [0.1, 0.15) is 21.7 Å². The van der Waals surface area contributed by atoms with E-state index in [1.165, 1.54) is 0 Å². The Morgan fingerprint density at radius 2 is 1.86 bits per heavy atom. The Labute approximate surface area is 171 Å². The Balaban J connectivity index is 1.45. The Morgan fingerprint density at radius 1 is 1.11 bits per heavy atom. The topological polar surface area (TPSA) is 54.9 Å². The van der Waals surface area contributed by atoms with Gasteiger partial charge in [0.05, 0.1) is 14.2 Å². The van der Waals surface area contributed by atoms with Crippen LogP contribution >= 0.6 is 22.7 Å². The molecular formula is C20H21N3O3S2. The molecule has 0 atom stereocenters. The molecule has 0 radical (unpaired) electrons. The SMILES string of the molecule is COc1ccc(OC)c2sc(N3CCN(C(=O)/C=C/c4cccs4)CC3)nc12. The molecule has 1 amide bonds. The van der Waals surface area contributed by atoms with Crippen molar-refractivity contribution in [1.29, 1.82) is 0 Å². The predicted octanol–water partition coefficient (Wildman–Crippen LogP) is 3.74. The second-order valence-corrected chi connectivity index (χ2v) is 8.26. The molecule has 1 aliphatic heterocycles. The van der Waals surface area contributed by atoms with Gasteiger partial charge in [-0.3, -0.25) is 4.79 Å². The Bertz CT molecular complexity index is 949. The van der Waals surface area contributed by atoms with E-state index in [0.29, 0.717) is 13.1 Å². The van der Waals surface area contributed by atoms with E-state index in [4.69, 9.17) is 14.5 Å². The van der Waals surface area contributed by atoms with Crippen molar-refractivity contribution < 1.29 is 14.3 Å². The van der Waals surface area contributed by atoms with E-state index in [2.05, 4.69) is 4.90 Å². The van der Waals surface area contributed by atoms with Crippen LogP contribution in [0.5, 0.6) is 11.5 Å². The van der Waals surface area contributed by atoms with Crippen LogP contribution in [0.3, 0.4) is 0 Å². The van der Waals surface area contributed by atoms with Gasteiger partial charge in [-0.2, -0.15) is 0 Å². The highest BCUT2D eigenvalue weighted by Gasteiger charge is 2.23. The van der Waals surface area contributed by atoms with Gasteiger partial charge in [-0.05, 0) is 29.7 Å². The summed E-state index contributed by atoms with van der Waals surface area (Å²) in [5, 5.41) is 2.93.